The van der Waals surface area contributed by atoms with Crippen molar-refractivity contribution >= 4 is 27.5 Å². The Labute approximate surface area is 100 Å². The van der Waals surface area contributed by atoms with E-state index in [9.17, 15) is 13.6 Å². The molecule has 0 radical (unpaired) electrons. The average Bonchev–Trinajstić information content (AvgIpc) is 2.21. The van der Waals surface area contributed by atoms with Crippen molar-refractivity contribution in [1.29, 1.82) is 0 Å². The summed E-state index contributed by atoms with van der Waals surface area (Å²) in [5.41, 5.74) is 5.01. The molecular formula is C10H11BrF2N2O. The van der Waals surface area contributed by atoms with Gasteiger partial charge >= 0.3 is 0 Å². The molecule has 0 aliphatic rings. The number of hydrogen-bond acceptors (Lipinski definition) is 2. The van der Waals surface area contributed by atoms with Crippen LogP contribution in [0.3, 0.4) is 0 Å². The van der Waals surface area contributed by atoms with Gasteiger partial charge in [-0.05, 0) is 28.4 Å². The summed E-state index contributed by atoms with van der Waals surface area (Å²) in [7, 11) is 0. The molecule has 1 rings (SSSR count). The molecule has 1 aromatic carbocycles. The highest BCUT2D eigenvalue weighted by atomic mass is 79.9. The van der Waals surface area contributed by atoms with Gasteiger partial charge in [-0.15, -0.1) is 0 Å². The molecule has 0 aliphatic carbocycles. The number of halogens is 3. The zero-order valence-corrected chi connectivity index (χ0v) is 10.1. The fourth-order valence-corrected chi connectivity index (χ4v) is 1.51. The van der Waals surface area contributed by atoms with Crippen LogP contribution in [0.15, 0.2) is 16.6 Å². The summed E-state index contributed by atoms with van der Waals surface area (Å²) >= 11 is 2.86. The fraction of sp³-hybridized carbons (Fsp3) is 0.300. The van der Waals surface area contributed by atoms with Crippen molar-refractivity contribution < 1.29 is 13.6 Å². The molecule has 1 aromatic rings. The number of benzene rings is 1. The van der Waals surface area contributed by atoms with Crippen molar-refractivity contribution in [2.24, 2.45) is 5.73 Å². The second kappa shape index (κ2) is 5.25. The topological polar surface area (TPSA) is 55.1 Å². The average molecular weight is 293 g/mol. The maximum atomic E-state index is 13.4. The molecular weight excluding hydrogens is 282 g/mol. The molecule has 0 saturated carbocycles. The number of anilines is 1. The van der Waals surface area contributed by atoms with Crippen LogP contribution in [0.5, 0.6) is 0 Å². The van der Waals surface area contributed by atoms with Crippen LogP contribution in [0.1, 0.15) is 13.3 Å². The molecule has 3 N–H and O–H groups in total. The Morgan fingerprint density at radius 1 is 1.50 bits per heavy atom. The van der Waals surface area contributed by atoms with E-state index in [-0.39, 0.29) is 10.2 Å². The quantitative estimate of drug-likeness (QED) is 0.838. The Hall–Kier alpha value is -1.17. The third-order valence-corrected chi connectivity index (χ3v) is 2.70. The molecule has 0 spiro atoms. The smallest absolute Gasteiger partial charge is 0.239 e. The zero-order chi connectivity index (χ0) is 12.3. The molecule has 0 bridgehead atoms. The van der Waals surface area contributed by atoms with E-state index >= 15 is 0 Å². The van der Waals surface area contributed by atoms with Crippen molar-refractivity contribution in [2.45, 2.75) is 19.4 Å². The van der Waals surface area contributed by atoms with Crippen LogP contribution >= 0.6 is 15.9 Å². The lowest BCUT2D eigenvalue weighted by Gasteiger charge is -2.15. The van der Waals surface area contributed by atoms with Gasteiger partial charge in [-0.1, -0.05) is 6.92 Å². The maximum Gasteiger partial charge on any atom is 0.239 e. The van der Waals surface area contributed by atoms with Crippen LogP contribution in [0.25, 0.3) is 0 Å². The van der Waals surface area contributed by atoms with Gasteiger partial charge in [0.05, 0.1) is 10.2 Å². The highest BCUT2D eigenvalue weighted by Crippen LogP contribution is 2.24. The van der Waals surface area contributed by atoms with Crippen molar-refractivity contribution in [1.82, 2.24) is 0 Å². The number of primary amides is 1. The van der Waals surface area contributed by atoms with Gasteiger partial charge in [-0.2, -0.15) is 0 Å². The van der Waals surface area contributed by atoms with Gasteiger partial charge < -0.3 is 11.1 Å². The van der Waals surface area contributed by atoms with E-state index in [1.165, 1.54) is 0 Å². The molecule has 1 unspecified atom stereocenters. The minimum atomic E-state index is -0.713. The number of amides is 1. The van der Waals surface area contributed by atoms with Crippen molar-refractivity contribution in [3.8, 4) is 0 Å². The molecule has 0 heterocycles. The third-order valence-electron chi connectivity index (χ3n) is 2.09. The summed E-state index contributed by atoms with van der Waals surface area (Å²) in [6.45, 7) is 1.72. The largest absolute Gasteiger partial charge is 0.371 e. The Balaban J connectivity index is 2.96. The van der Waals surface area contributed by atoms with Gasteiger partial charge in [0.15, 0.2) is 0 Å². The first-order valence-electron chi connectivity index (χ1n) is 4.66. The SMILES string of the molecule is CCC(Nc1cc(F)c(Br)cc1F)C(N)=O. The summed E-state index contributed by atoms with van der Waals surface area (Å²) in [6, 6.07) is 1.26. The van der Waals surface area contributed by atoms with E-state index in [1.54, 1.807) is 6.92 Å². The molecule has 0 saturated heterocycles. The summed E-state index contributed by atoms with van der Waals surface area (Å²) in [5.74, 6) is -1.86. The van der Waals surface area contributed by atoms with E-state index < -0.39 is 23.6 Å². The van der Waals surface area contributed by atoms with Crippen LogP contribution in [-0.2, 0) is 4.79 Å². The number of rotatable bonds is 4. The highest BCUT2D eigenvalue weighted by Gasteiger charge is 2.16. The Morgan fingerprint density at radius 3 is 2.62 bits per heavy atom. The van der Waals surface area contributed by atoms with Gasteiger partial charge in [-0.25, -0.2) is 8.78 Å². The highest BCUT2D eigenvalue weighted by molar-refractivity contribution is 9.10. The molecule has 88 valence electrons. The van der Waals surface area contributed by atoms with Gasteiger partial charge in [0.2, 0.25) is 5.91 Å². The number of nitrogens with one attached hydrogen (secondary N) is 1. The minimum absolute atomic E-state index is 0.0303. The molecule has 0 aliphatic heterocycles. The molecule has 3 nitrogen and oxygen atoms in total. The number of carbonyl (C=O) groups excluding carboxylic acids is 1. The standard InChI is InChI=1S/C10H11BrF2N2O/c1-2-8(10(14)16)15-9-4-6(12)5(11)3-7(9)13/h3-4,8,15H,2H2,1H3,(H2,14,16). The predicted molar refractivity (Wildman–Crippen MR) is 61.0 cm³/mol. The number of nitrogens with two attached hydrogens (primary N) is 1. The van der Waals surface area contributed by atoms with Crippen molar-refractivity contribution in [2.75, 3.05) is 5.32 Å². The lowest BCUT2D eigenvalue weighted by atomic mass is 10.2. The number of hydrogen-bond donors (Lipinski definition) is 2. The molecule has 0 aromatic heterocycles. The summed E-state index contributed by atoms with van der Waals surface area (Å²) in [5, 5.41) is 2.55. The Morgan fingerprint density at radius 2 is 2.12 bits per heavy atom. The minimum Gasteiger partial charge on any atom is -0.371 e. The lowest BCUT2D eigenvalue weighted by molar-refractivity contribution is -0.118. The predicted octanol–water partition coefficient (Wildman–Crippen LogP) is 2.40. The van der Waals surface area contributed by atoms with Crippen LogP contribution < -0.4 is 11.1 Å². The number of carbonyl (C=O) groups is 1. The van der Waals surface area contributed by atoms with Crippen molar-refractivity contribution in [3.05, 3.63) is 28.2 Å². The fourth-order valence-electron chi connectivity index (χ4n) is 1.20. The van der Waals surface area contributed by atoms with Gasteiger partial charge in [-0.3, -0.25) is 4.79 Å². The molecule has 16 heavy (non-hydrogen) atoms. The molecule has 6 heteroatoms. The Bertz CT molecular complexity index is 412. The van der Waals surface area contributed by atoms with E-state index in [2.05, 4.69) is 21.2 Å². The van der Waals surface area contributed by atoms with E-state index in [1.807, 2.05) is 0 Å². The lowest BCUT2D eigenvalue weighted by Crippen LogP contribution is -2.35. The monoisotopic (exact) mass is 292 g/mol. The maximum absolute atomic E-state index is 13.4. The first-order chi connectivity index (χ1) is 7.45. The summed E-state index contributed by atoms with van der Waals surface area (Å²) in [6.07, 6.45) is 0.395. The first-order valence-corrected chi connectivity index (χ1v) is 5.45. The van der Waals surface area contributed by atoms with Crippen LogP contribution in [0.2, 0.25) is 0 Å². The summed E-state index contributed by atoms with van der Waals surface area (Å²) in [4.78, 5) is 10.9. The summed E-state index contributed by atoms with van der Waals surface area (Å²) < 4.78 is 26.6. The van der Waals surface area contributed by atoms with Gasteiger partial charge in [0.25, 0.3) is 0 Å². The van der Waals surface area contributed by atoms with Crippen molar-refractivity contribution in [3.63, 3.8) is 0 Å². The first kappa shape index (κ1) is 12.9. The second-order valence-corrected chi connectivity index (χ2v) is 4.11. The Kier molecular flexibility index (Phi) is 4.23. The third kappa shape index (κ3) is 2.91. The van der Waals surface area contributed by atoms with Crippen LogP contribution in [-0.4, -0.2) is 11.9 Å². The van der Waals surface area contributed by atoms with Crippen LogP contribution in [0, 0.1) is 11.6 Å². The second-order valence-electron chi connectivity index (χ2n) is 3.25. The normalized spacial score (nSPS) is 12.2. The van der Waals surface area contributed by atoms with Crippen LogP contribution in [0.4, 0.5) is 14.5 Å². The molecule has 0 fully saturated rings. The van der Waals surface area contributed by atoms with Gasteiger partial charge in [0.1, 0.15) is 17.7 Å². The van der Waals surface area contributed by atoms with Gasteiger partial charge in [0, 0.05) is 6.07 Å². The van der Waals surface area contributed by atoms with E-state index in [4.69, 9.17) is 5.73 Å². The zero-order valence-electron chi connectivity index (χ0n) is 8.56. The molecule has 1 amide bonds. The van der Waals surface area contributed by atoms with E-state index in [0.29, 0.717) is 6.42 Å². The van der Waals surface area contributed by atoms with E-state index in [0.717, 1.165) is 12.1 Å². The molecule has 1 atom stereocenters.